The lowest BCUT2D eigenvalue weighted by atomic mass is 10.2. The number of nitrogens with zero attached hydrogens (tertiary/aromatic N) is 2. The van der Waals surface area contributed by atoms with Gasteiger partial charge in [0.1, 0.15) is 0 Å². The summed E-state index contributed by atoms with van der Waals surface area (Å²) in [7, 11) is 0. The van der Waals surface area contributed by atoms with Gasteiger partial charge in [-0.25, -0.2) is 4.79 Å². The molecule has 2 amide bonds. The second-order valence-electron chi connectivity index (χ2n) is 4.47. The fourth-order valence-electron chi connectivity index (χ4n) is 1.89. The summed E-state index contributed by atoms with van der Waals surface area (Å²) in [6, 6.07) is 5.61. The van der Waals surface area contributed by atoms with Crippen molar-refractivity contribution in [2.45, 2.75) is 26.3 Å². The monoisotopic (exact) mass is 309 g/mol. The van der Waals surface area contributed by atoms with Gasteiger partial charge in [0, 0.05) is 12.6 Å². The molecule has 0 saturated carbocycles. The molecule has 7 heteroatoms. The molecule has 0 spiro atoms. The van der Waals surface area contributed by atoms with Crippen LogP contribution in [0.15, 0.2) is 18.2 Å². The van der Waals surface area contributed by atoms with E-state index in [-0.39, 0.29) is 11.4 Å². The normalized spacial score (nSPS) is 11.3. The maximum absolute atomic E-state index is 12.2. The maximum atomic E-state index is 12.2. The number of amides is 2. The van der Waals surface area contributed by atoms with Crippen molar-refractivity contribution in [2.75, 3.05) is 11.9 Å². The molecule has 0 aromatic heterocycles. The number of carbonyl (C=O) groups is 2. The second-order valence-corrected chi connectivity index (χ2v) is 4.88. The van der Waals surface area contributed by atoms with Gasteiger partial charge in [0.25, 0.3) is 0 Å². The number of nitriles is 1. The molecule has 6 nitrogen and oxygen atoms in total. The summed E-state index contributed by atoms with van der Waals surface area (Å²) >= 11 is 5.99. The lowest BCUT2D eigenvalue weighted by molar-refractivity contribution is -0.137. The van der Waals surface area contributed by atoms with Crippen molar-refractivity contribution in [3.8, 4) is 6.07 Å². The van der Waals surface area contributed by atoms with Crippen LogP contribution in [0.25, 0.3) is 0 Å². The number of benzene rings is 1. The number of nitrogens with one attached hydrogen (secondary N) is 1. The molecule has 0 saturated heterocycles. The molecule has 0 aliphatic rings. The molecule has 0 radical (unpaired) electrons. The van der Waals surface area contributed by atoms with Crippen LogP contribution in [0.1, 0.15) is 25.8 Å². The van der Waals surface area contributed by atoms with Gasteiger partial charge in [0.05, 0.1) is 28.8 Å². The highest BCUT2D eigenvalue weighted by atomic mass is 35.5. The Labute approximate surface area is 127 Å². The first-order valence-corrected chi connectivity index (χ1v) is 6.75. The Morgan fingerprint density at radius 3 is 2.67 bits per heavy atom. The van der Waals surface area contributed by atoms with Crippen LogP contribution in [0.4, 0.5) is 10.5 Å². The van der Waals surface area contributed by atoms with Crippen LogP contribution in [0.5, 0.6) is 0 Å². The number of aliphatic carboxylic acids is 1. The van der Waals surface area contributed by atoms with Gasteiger partial charge >= 0.3 is 12.0 Å². The Bertz CT molecular complexity index is 583. The molecule has 1 aromatic carbocycles. The topological polar surface area (TPSA) is 93.4 Å². The van der Waals surface area contributed by atoms with E-state index in [2.05, 4.69) is 5.32 Å². The fraction of sp³-hybridized carbons (Fsp3) is 0.357. The third-order valence-corrected chi connectivity index (χ3v) is 3.26. The highest BCUT2D eigenvalue weighted by Gasteiger charge is 2.21. The molecular formula is C14H16ClN3O3. The quantitative estimate of drug-likeness (QED) is 0.874. The van der Waals surface area contributed by atoms with Gasteiger partial charge in [-0.2, -0.15) is 5.26 Å². The van der Waals surface area contributed by atoms with Gasteiger partial charge in [0.2, 0.25) is 0 Å². The molecule has 112 valence electrons. The van der Waals surface area contributed by atoms with E-state index in [1.54, 1.807) is 19.9 Å². The average molecular weight is 310 g/mol. The SMILES string of the molecule is CCN(C(=O)Nc1ccc(C#N)cc1Cl)C(C)CC(=O)O. The second kappa shape index (κ2) is 7.50. The zero-order valence-electron chi connectivity index (χ0n) is 11.8. The van der Waals surface area contributed by atoms with Gasteiger partial charge in [-0.05, 0) is 32.0 Å². The van der Waals surface area contributed by atoms with E-state index < -0.39 is 18.0 Å². The number of hydrogen-bond acceptors (Lipinski definition) is 3. The van der Waals surface area contributed by atoms with Crippen LogP contribution >= 0.6 is 11.6 Å². The number of hydrogen-bond donors (Lipinski definition) is 2. The van der Waals surface area contributed by atoms with E-state index in [9.17, 15) is 9.59 Å². The lowest BCUT2D eigenvalue weighted by Gasteiger charge is -2.27. The molecule has 0 fully saturated rings. The maximum Gasteiger partial charge on any atom is 0.322 e. The summed E-state index contributed by atoms with van der Waals surface area (Å²) < 4.78 is 0. The largest absolute Gasteiger partial charge is 0.481 e. The van der Waals surface area contributed by atoms with Crippen molar-refractivity contribution >= 4 is 29.3 Å². The highest BCUT2D eigenvalue weighted by Crippen LogP contribution is 2.23. The molecule has 0 aliphatic carbocycles. The molecule has 1 atom stereocenters. The van der Waals surface area contributed by atoms with Gasteiger partial charge in [0.15, 0.2) is 0 Å². The van der Waals surface area contributed by atoms with Gasteiger partial charge in [-0.1, -0.05) is 11.6 Å². The van der Waals surface area contributed by atoms with E-state index in [4.69, 9.17) is 22.0 Å². The lowest BCUT2D eigenvalue weighted by Crippen LogP contribution is -2.42. The zero-order chi connectivity index (χ0) is 16.0. The van der Waals surface area contributed by atoms with E-state index >= 15 is 0 Å². The predicted octanol–water partition coefficient (Wildman–Crippen LogP) is 2.93. The smallest absolute Gasteiger partial charge is 0.322 e. The van der Waals surface area contributed by atoms with Crippen molar-refractivity contribution < 1.29 is 14.7 Å². The number of carbonyl (C=O) groups excluding carboxylic acids is 1. The van der Waals surface area contributed by atoms with Crippen molar-refractivity contribution in [1.29, 1.82) is 5.26 Å². The first kappa shape index (κ1) is 16.8. The molecule has 21 heavy (non-hydrogen) atoms. The van der Waals surface area contributed by atoms with E-state index in [0.29, 0.717) is 17.8 Å². The highest BCUT2D eigenvalue weighted by molar-refractivity contribution is 6.33. The summed E-state index contributed by atoms with van der Waals surface area (Å²) in [5, 5.41) is 20.4. The first-order chi connectivity index (χ1) is 9.88. The molecule has 0 aliphatic heterocycles. The molecule has 0 bridgehead atoms. The van der Waals surface area contributed by atoms with Crippen LogP contribution in [-0.4, -0.2) is 34.6 Å². The summed E-state index contributed by atoms with van der Waals surface area (Å²) in [6.07, 6.45) is -0.137. The number of carboxylic acid groups (broad SMARTS) is 1. The first-order valence-electron chi connectivity index (χ1n) is 6.38. The van der Waals surface area contributed by atoms with Crippen LogP contribution in [-0.2, 0) is 4.79 Å². The number of halogens is 1. The summed E-state index contributed by atoms with van der Waals surface area (Å²) in [4.78, 5) is 24.3. The minimum Gasteiger partial charge on any atom is -0.481 e. The Morgan fingerprint density at radius 2 is 2.19 bits per heavy atom. The van der Waals surface area contributed by atoms with E-state index in [1.165, 1.54) is 17.0 Å². The third kappa shape index (κ3) is 4.65. The standard InChI is InChI=1S/C14H16ClN3O3/c1-3-18(9(2)6-13(19)20)14(21)17-12-5-4-10(8-16)7-11(12)15/h4-5,7,9H,3,6H2,1-2H3,(H,17,21)(H,19,20). The zero-order valence-corrected chi connectivity index (χ0v) is 12.5. The minimum absolute atomic E-state index is 0.137. The summed E-state index contributed by atoms with van der Waals surface area (Å²) in [5.74, 6) is -0.967. The van der Waals surface area contributed by atoms with Crippen molar-refractivity contribution in [3.05, 3.63) is 28.8 Å². The molecule has 1 unspecified atom stereocenters. The Kier molecular flexibility index (Phi) is 6.00. The van der Waals surface area contributed by atoms with Crippen LogP contribution in [0.2, 0.25) is 5.02 Å². The third-order valence-electron chi connectivity index (χ3n) is 2.94. The van der Waals surface area contributed by atoms with E-state index in [0.717, 1.165) is 0 Å². The molecule has 1 rings (SSSR count). The van der Waals surface area contributed by atoms with Crippen LogP contribution in [0.3, 0.4) is 0 Å². The molecular weight excluding hydrogens is 294 g/mol. The Balaban J connectivity index is 2.83. The van der Waals surface area contributed by atoms with Crippen LogP contribution in [0, 0.1) is 11.3 Å². The molecule has 1 aromatic rings. The minimum atomic E-state index is -0.967. The van der Waals surface area contributed by atoms with Crippen molar-refractivity contribution in [3.63, 3.8) is 0 Å². The van der Waals surface area contributed by atoms with Gasteiger partial charge in [-0.3, -0.25) is 4.79 Å². The fourth-order valence-corrected chi connectivity index (χ4v) is 2.12. The van der Waals surface area contributed by atoms with Gasteiger partial charge < -0.3 is 15.3 Å². The molecule has 2 N–H and O–H groups in total. The number of carboxylic acids is 1. The summed E-state index contributed by atoms with van der Waals surface area (Å²) in [5.41, 5.74) is 0.770. The van der Waals surface area contributed by atoms with E-state index in [1.807, 2.05) is 6.07 Å². The number of anilines is 1. The van der Waals surface area contributed by atoms with Crippen LogP contribution < -0.4 is 5.32 Å². The van der Waals surface area contributed by atoms with Gasteiger partial charge in [-0.15, -0.1) is 0 Å². The number of rotatable bonds is 5. The van der Waals surface area contributed by atoms with Crippen molar-refractivity contribution in [2.24, 2.45) is 0 Å². The predicted molar refractivity (Wildman–Crippen MR) is 79.3 cm³/mol. The summed E-state index contributed by atoms with van der Waals surface area (Å²) in [6.45, 7) is 3.80. The Morgan fingerprint density at radius 1 is 1.52 bits per heavy atom. The molecule has 0 heterocycles. The average Bonchev–Trinajstić information content (AvgIpc) is 2.41. The van der Waals surface area contributed by atoms with Crippen molar-refractivity contribution in [1.82, 2.24) is 4.90 Å². The Hall–Kier alpha value is -2.26. The number of urea groups is 1.